The fraction of sp³-hybridized carbons (Fsp3) is 1.00. The van der Waals surface area contributed by atoms with E-state index in [1.165, 1.54) is 0 Å². The number of aliphatic hydroxyl groups is 2. The van der Waals surface area contributed by atoms with Crippen LogP contribution in [0.25, 0.3) is 0 Å². The first kappa shape index (κ1) is 12.3. The zero-order chi connectivity index (χ0) is 10.8. The number of rotatable bonds is 3. The Morgan fingerprint density at radius 1 is 1.50 bits per heavy atom. The summed E-state index contributed by atoms with van der Waals surface area (Å²) in [5, 5.41) is 20.1. The monoisotopic (exact) mass is 218 g/mol. The molecule has 2 nitrogen and oxygen atoms in total. The molecule has 1 saturated heterocycles. The lowest BCUT2D eigenvalue weighted by molar-refractivity contribution is -0.114. The normalized spacial score (nSPS) is 33.0. The van der Waals surface area contributed by atoms with E-state index in [9.17, 15) is 10.2 Å². The Kier molecular flexibility index (Phi) is 3.89. The van der Waals surface area contributed by atoms with Crippen LogP contribution in [0.3, 0.4) is 0 Å². The third kappa shape index (κ3) is 1.95. The van der Waals surface area contributed by atoms with Gasteiger partial charge in [0.2, 0.25) is 0 Å². The van der Waals surface area contributed by atoms with E-state index in [1.54, 1.807) is 11.8 Å². The molecular weight excluding hydrogens is 196 g/mol. The molecule has 0 aromatic heterocycles. The zero-order valence-corrected chi connectivity index (χ0v) is 10.2. The van der Waals surface area contributed by atoms with Gasteiger partial charge in [-0.15, -0.1) is 0 Å². The largest absolute Gasteiger partial charge is 0.396 e. The average Bonchev–Trinajstić information content (AvgIpc) is 2.17. The van der Waals surface area contributed by atoms with E-state index in [4.69, 9.17) is 0 Å². The van der Waals surface area contributed by atoms with Gasteiger partial charge in [-0.25, -0.2) is 0 Å². The van der Waals surface area contributed by atoms with Crippen LogP contribution in [0.2, 0.25) is 0 Å². The van der Waals surface area contributed by atoms with E-state index in [2.05, 4.69) is 13.8 Å². The minimum Gasteiger partial charge on any atom is -0.396 e. The number of thioether (sulfide) groups is 1. The molecule has 0 spiro atoms. The Labute approximate surface area is 91.1 Å². The van der Waals surface area contributed by atoms with Gasteiger partial charge in [0.1, 0.15) is 0 Å². The van der Waals surface area contributed by atoms with Gasteiger partial charge in [0.05, 0.1) is 12.2 Å². The molecule has 14 heavy (non-hydrogen) atoms. The van der Waals surface area contributed by atoms with Crippen molar-refractivity contribution >= 4 is 11.8 Å². The molecule has 0 saturated carbocycles. The smallest absolute Gasteiger partial charge is 0.0815 e. The topological polar surface area (TPSA) is 40.5 Å². The maximum absolute atomic E-state index is 10.6. The summed E-state index contributed by atoms with van der Waals surface area (Å²) in [4.78, 5) is 0. The fourth-order valence-corrected chi connectivity index (χ4v) is 3.40. The summed E-state index contributed by atoms with van der Waals surface area (Å²) in [7, 11) is 0. The zero-order valence-electron chi connectivity index (χ0n) is 9.42. The van der Waals surface area contributed by atoms with Crippen LogP contribution in [-0.4, -0.2) is 33.9 Å². The van der Waals surface area contributed by atoms with E-state index in [0.29, 0.717) is 5.92 Å². The molecule has 0 bridgehead atoms. The van der Waals surface area contributed by atoms with Gasteiger partial charge >= 0.3 is 0 Å². The molecule has 2 unspecified atom stereocenters. The van der Waals surface area contributed by atoms with Gasteiger partial charge < -0.3 is 10.2 Å². The lowest BCUT2D eigenvalue weighted by Gasteiger charge is -2.48. The van der Waals surface area contributed by atoms with E-state index in [0.717, 1.165) is 24.3 Å². The van der Waals surface area contributed by atoms with E-state index in [-0.39, 0.29) is 12.0 Å². The molecule has 1 fully saturated rings. The lowest BCUT2D eigenvalue weighted by atomic mass is 9.65. The van der Waals surface area contributed by atoms with Crippen LogP contribution in [0.5, 0.6) is 0 Å². The number of hydrogen-bond donors (Lipinski definition) is 2. The second-order valence-corrected chi connectivity index (χ2v) is 6.02. The van der Waals surface area contributed by atoms with E-state index in [1.807, 2.05) is 6.92 Å². The van der Waals surface area contributed by atoms with Gasteiger partial charge in [-0.1, -0.05) is 20.8 Å². The fourth-order valence-electron chi connectivity index (χ4n) is 2.10. The standard InChI is InChI=1S/C11H22O2S/c1-9(2)10(3,7-12)11(13)5-4-6-14-8-11/h9,12-13H,4-8H2,1-3H3. The Hall–Kier alpha value is 0.270. The minimum atomic E-state index is -0.682. The summed E-state index contributed by atoms with van der Waals surface area (Å²) in [5.74, 6) is 2.21. The van der Waals surface area contributed by atoms with Crippen molar-refractivity contribution in [1.82, 2.24) is 0 Å². The molecule has 3 heteroatoms. The van der Waals surface area contributed by atoms with Gasteiger partial charge in [-0.2, -0.15) is 11.8 Å². The van der Waals surface area contributed by atoms with Crippen molar-refractivity contribution in [2.45, 2.75) is 39.2 Å². The third-order valence-electron chi connectivity index (χ3n) is 3.89. The summed E-state index contributed by atoms with van der Waals surface area (Å²) in [5.41, 5.74) is -1.04. The van der Waals surface area contributed by atoms with Crippen LogP contribution in [0.15, 0.2) is 0 Å². The number of hydrogen-bond acceptors (Lipinski definition) is 3. The first-order valence-electron chi connectivity index (χ1n) is 5.37. The van der Waals surface area contributed by atoms with Crippen molar-refractivity contribution in [3.05, 3.63) is 0 Å². The summed E-state index contributed by atoms with van der Waals surface area (Å²) >= 11 is 1.80. The average molecular weight is 218 g/mol. The highest BCUT2D eigenvalue weighted by Gasteiger charge is 2.48. The molecule has 2 N–H and O–H groups in total. The first-order valence-corrected chi connectivity index (χ1v) is 6.53. The molecule has 84 valence electrons. The van der Waals surface area contributed by atoms with Gasteiger partial charge in [-0.05, 0) is 24.5 Å². The summed E-state index contributed by atoms with van der Waals surface area (Å²) in [6.07, 6.45) is 1.89. The van der Waals surface area contributed by atoms with Gasteiger partial charge in [-0.3, -0.25) is 0 Å². The Morgan fingerprint density at radius 2 is 2.14 bits per heavy atom. The van der Waals surface area contributed by atoms with Crippen molar-refractivity contribution in [2.24, 2.45) is 11.3 Å². The quantitative estimate of drug-likeness (QED) is 0.760. The Balaban J connectivity index is 2.85. The van der Waals surface area contributed by atoms with Crippen LogP contribution >= 0.6 is 11.8 Å². The highest BCUT2D eigenvalue weighted by Crippen LogP contribution is 2.45. The van der Waals surface area contributed by atoms with Crippen molar-refractivity contribution < 1.29 is 10.2 Å². The van der Waals surface area contributed by atoms with Crippen LogP contribution < -0.4 is 0 Å². The van der Waals surface area contributed by atoms with Crippen molar-refractivity contribution in [3.8, 4) is 0 Å². The molecule has 0 amide bonds. The second kappa shape index (κ2) is 4.42. The Bertz CT molecular complexity index is 188. The third-order valence-corrected chi connectivity index (χ3v) is 5.14. The van der Waals surface area contributed by atoms with Crippen LogP contribution in [-0.2, 0) is 0 Å². The van der Waals surface area contributed by atoms with Crippen molar-refractivity contribution in [1.29, 1.82) is 0 Å². The summed E-state index contributed by atoms with van der Waals surface area (Å²) in [6.45, 7) is 6.23. The van der Waals surface area contributed by atoms with Crippen LogP contribution in [0.1, 0.15) is 33.6 Å². The van der Waals surface area contributed by atoms with Crippen molar-refractivity contribution in [3.63, 3.8) is 0 Å². The maximum Gasteiger partial charge on any atom is 0.0815 e. The minimum absolute atomic E-state index is 0.0712. The molecule has 1 heterocycles. The predicted octanol–water partition coefficient (Wildman–Crippen LogP) is 1.90. The highest BCUT2D eigenvalue weighted by atomic mass is 32.2. The summed E-state index contributed by atoms with van der Waals surface area (Å²) < 4.78 is 0. The van der Waals surface area contributed by atoms with Crippen LogP contribution in [0.4, 0.5) is 0 Å². The van der Waals surface area contributed by atoms with Gasteiger partial charge in [0.15, 0.2) is 0 Å². The Morgan fingerprint density at radius 3 is 2.50 bits per heavy atom. The van der Waals surface area contributed by atoms with Gasteiger partial charge in [0, 0.05) is 11.2 Å². The molecule has 0 aromatic rings. The molecule has 0 radical (unpaired) electrons. The molecule has 1 aliphatic rings. The highest BCUT2D eigenvalue weighted by molar-refractivity contribution is 7.99. The lowest BCUT2D eigenvalue weighted by Crippen LogP contribution is -2.55. The SMILES string of the molecule is CC(C)C(C)(CO)C1(O)CCCSC1. The van der Waals surface area contributed by atoms with E-state index < -0.39 is 5.60 Å². The molecular formula is C11H22O2S. The predicted molar refractivity (Wildman–Crippen MR) is 61.5 cm³/mol. The molecule has 1 aliphatic heterocycles. The van der Waals surface area contributed by atoms with Gasteiger partial charge in [0.25, 0.3) is 0 Å². The number of aliphatic hydroxyl groups excluding tert-OH is 1. The summed E-state index contributed by atoms with van der Waals surface area (Å²) in [6, 6.07) is 0. The molecule has 0 aliphatic carbocycles. The van der Waals surface area contributed by atoms with Crippen LogP contribution in [0, 0.1) is 11.3 Å². The molecule has 2 atom stereocenters. The molecule has 1 rings (SSSR count). The van der Waals surface area contributed by atoms with E-state index >= 15 is 0 Å². The van der Waals surface area contributed by atoms with Crippen molar-refractivity contribution in [2.75, 3.05) is 18.1 Å². The maximum atomic E-state index is 10.6. The first-order chi connectivity index (χ1) is 6.46. The molecule has 0 aromatic carbocycles. The second-order valence-electron chi connectivity index (χ2n) is 4.92.